The summed E-state index contributed by atoms with van der Waals surface area (Å²) in [7, 11) is 0. The lowest BCUT2D eigenvalue weighted by atomic mass is 10.1. The number of amides is 3. The van der Waals surface area contributed by atoms with Gasteiger partial charge >= 0.3 is 0 Å². The van der Waals surface area contributed by atoms with Crippen LogP contribution in [0.2, 0.25) is 0 Å². The highest BCUT2D eigenvalue weighted by molar-refractivity contribution is 8.18. The molecule has 0 bridgehead atoms. The van der Waals surface area contributed by atoms with Crippen LogP contribution in [0.4, 0.5) is 4.79 Å². The van der Waals surface area contributed by atoms with Crippen molar-refractivity contribution < 1.29 is 14.4 Å². The zero-order valence-corrected chi connectivity index (χ0v) is 20.2. The highest BCUT2D eigenvalue weighted by atomic mass is 32.2. The van der Waals surface area contributed by atoms with Gasteiger partial charge in [0.25, 0.3) is 11.1 Å². The summed E-state index contributed by atoms with van der Waals surface area (Å²) in [6.45, 7) is 5.26. The van der Waals surface area contributed by atoms with E-state index in [2.05, 4.69) is 34.9 Å². The molecule has 3 heterocycles. The van der Waals surface area contributed by atoms with Crippen molar-refractivity contribution in [2.75, 3.05) is 19.6 Å². The molecule has 2 aliphatic heterocycles. The summed E-state index contributed by atoms with van der Waals surface area (Å²) in [5, 5.41) is 1.96. The van der Waals surface area contributed by atoms with Gasteiger partial charge in [-0.25, -0.2) is 0 Å². The molecule has 6 nitrogen and oxygen atoms in total. The Morgan fingerprint density at radius 2 is 1.71 bits per heavy atom. The number of fused-ring (bicyclic) bond motifs is 1. The van der Waals surface area contributed by atoms with Gasteiger partial charge in [0.1, 0.15) is 6.54 Å². The third-order valence-electron chi connectivity index (χ3n) is 6.62. The summed E-state index contributed by atoms with van der Waals surface area (Å²) in [5.41, 5.74) is 3.97. The lowest BCUT2D eigenvalue weighted by molar-refractivity contribution is -0.136. The van der Waals surface area contributed by atoms with Crippen molar-refractivity contribution in [3.63, 3.8) is 0 Å². The molecule has 2 saturated heterocycles. The number of likely N-dealkylation sites (tertiary alicyclic amines) is 1. The summed E-state index contributed by atoms with van der Waals surface area (Å²) < 4.78 is 2.16. The minimum absolute atomic E-state index is 0.155. The van der Waals surface area contributed by atoms with E-state index in [1.54, 1.807) is 11.0 Å². The van der Waals surface area contributed by atoms with Gasteiger partial charge in [0.15, 0.2) is 0 Å². The minimum Gasteiger partial charge on any atom is -0.341 e. The van der Waals surface area contributed by atoms with Crippen molar-refractivity contribution in [2.24, 2.45) is 0 Å². The van der Waals surface area contributed by atoms with Crippen LogP contribution in [0.5, 0.6) is 0 Å². The number of aryl methyl sites for hydroxylation is 1. The summed E-state index contributed by atoms with van der Waals surface area (Å²) >= 11 is 0.905. The maximum atomic E-state index is 13.0. The van der Waals surface area contributed by atoms with Crippen LogP contribution in [0, 0.1) is 13.8 Å². The fourth-order valence-corrected chi connectivity index (χ4v) is 5.63. The van der Waals surface area contributed by atoms with E-state index in [4.69, 9.17) is 0 Å². The second-order valence-electron chi connectivity index (χ2n) is 8.90. The van der Waals surface area contributed by atoms with Crippen molar-refractivity contribution in [3.8, 4) is 5.69 Å². The predicted molar refractivity (Wildman–Crippen MR) is 136 cm³/mol. The van der Waals surface area contributed by atoms with Gasteiger partial charge < -0.3 is 9.47 Å². The van der Waals surface area contributed by atoms with E-state index in [1.165, 1.54) is 5.39 Å². The topological polar surface area (TPSA) is 62.6 Å². The number of benzene rings is 2. The van der Waals surface area contributed by atoms with Gasteiger partial charge in [-0.15, -0.1) is 0 Å². The molecule has 0 saturated carbocycles. The van der Waals surface area contributed by atoms with Crippen LogP contribution in [0.1, 0.15) is 36.2 Å². The Kier molecular flexibility index (Phi) is 6.04. The van der Waals surface area contributed by atoms with Crippen LogP contribution in [0.15, 0.2) is 53.4 Å². The molecule has 0 unspecified atom stereocenters. The monoisotopic (exact) mass is 473 g/mol. The molecule has 3 aromatic rings. The highest BCUT2D eigenvalue weighted by Crippen LogP contribution is 2.34. The van der Waals surface area contributed by atoms with Crippen molar-refractivity contribution >= 4 is 45.7 Å². The van der Waals surface area contributed by atoms with Crippen LogP contribution in [-0.2, 0) is 9.59 Å². The summed E-state index contributed by atoms with van der Waals surface area (Å²) in [6.07, 6.45) is 4.84. The van der Waals surface area contributed by atoms with Crippen molar-refractivity contribution in [1.29, 1.82) is 0 Å². The van der Waals surface area contributed by atoms with Crippen molar-refractivity contribution in [1.82, 2.24) is 14.4 Å². The Balaban J connectivity index is 1.39. The van der Waals surface area contributed by atoms with E-state index in [0.717, 1.165) is 63.9 Å². The molecule has 1 aromatic heterocycles. The number of imide groups is 1. The van der Waals surface area contributed by atoms with E-state index in [0.29, 0.717) is 18.0 Å². The van der Waals surface area contributed by atoms with Crippen LogP contribution < -0.4 is 0 Å². The van der Waals surface area contributed by atoms with Crippen LogP contribution in [0.3, 0.4) is 0 Å². The molecule has 2 aromatic carbocycles. The molecule has 5 rings (SSSR count). The average Bonchev–Trinajstić information content (AvgIpc) is 3.28. The second-order valence-corrected chi connectivity index (χ2v) is 9.90. The van der Waals surface area contributed by atoms with Gasteiger partial charge in [-0.3, -0.25) is 19.3 Å². The minimum atomic E-state index is -0.393. The smallest absolute Gasteiger partial charge is 0.294 e. The third-order valence-corrected chi connectivity index (χ3v) is 7.53. The first kappa shape index (κ1) is 22.5. The maximum absolute atomic E-state index is 13.0. The molecule has 34 heavy (non-hydrogen) atoms. The van der Waals surface area contributed by atoms with Gasteiger partial charge in [0.2, 0.25) is 5.91 Å². The standard InChI is InChI=1S/C27H27N3O3S/c1-18-14-22(19(2)30(18)23-11-10-20-8-4-5-9-21(20)15-23)16-24-26(32)29(27(33)34-24)17-25(31)28-12-6-3-7-13-28/h4-5,8-11,14-16H,3,6-7,12-13,17H2,1-2H3/b24-16-. The Labute approximate surface area is 203 Å². The maximum Gasteiger partial charge on any atom is 0.294 e. The lowest BCUT2D eigenvalue weighted by Crippen LogP contribution is -2.44. The summed E-state index contributed by atoms with van der Waals surface area (Å²) in [5.74, 6) is -0.548. The highest BCUT2D eigenvalue weighted by Gasteiger charge is 2.37. The Morgan fingerprint density at radius 3 is 2.47 bits per heavy atom. The zero-order chi connectivity index (χ0) is 23.8. The first-order chi connectivity index (χ1) is 16.4. The number of carbonyl (C=O) groups is 3. The number of thioether (sulfide) groups is 1. The number of rotatable bonds is 4. The van der Waals surface area contributed by atoms with Crippen LogP contribution in [0.25, 0.3) is 22.5 Å². The first-order valence-electron chi connectivity index (χ1n) is 11.6. The number of hydrogen-bond donors (Lipinski definition) is 0. The molecule has 2 aliphatic rings. The van der Waals surface area contributed by atoms with Gasteiger partial charge in [-0.1, -0.05) is 30.3 Å². The van der Waals surface area contributed by atoms with Crippen LogP contribution >= 0.6 is 11.8 Å². The largest absolute Gasteiger partial charge is 0.341 e. The molecule has 0 radical (unpaired) electrons. The normalized spacial score (nSPS) is 17.9. The number of nitrogens with zero attached hydrogens (tertiary/aromatic N) is 3. The van der Waals surface area contributed by atoms with E-state index >= 15 is 0 Å². The van der Waals surface area contributed by atoms with Crippen molar-refractivity contribution in [3.05, 3.63) is 70.4 Å². The van der Waals surface area contributed by atoms with Gasteiger partial charge in [-0.05, 0) is 85.5 Å². The van der Waals surface area contributed by atoms with Gasteiger partial charge in [0, 0.05) is 30.2 Å². The molecule has 0 N–H and O–H groups in total. The summed E-state index contributed by atoms with van der Waals surface area (Å²) in [6, 6.07) is 16.6. The first-order valence-corrected chi connectivity index (χ1v) is 12.5. The fraction of sp³-hybridized carbons (Fsp3) is 0.296. The average molecular weight is 474 g/mol. The predicted octanol–water partition coefficient (Wildman–Crippen LogP) is 5.30. The van der Waals surface area contributed by atoms with E-state index in [1.807, 2.05) is 32.0 Å². The number of piperidine rings is 1. The van der Waals surface area contributed by atoms with Crippen molar-refractivity contribution in [2.45, 2.75) is 33.1 Å². The third kappa shape index (κ3) is 4.16. The zero-order valence-electron chi connectivity index (χ0n) is 19.4. The van der Waals surface area contributed by atoms with Gasteiger partial charge in [0.05, 0.1) is 4.91 Å². The molecule has 0 atom stereocenters. The fourth-order valence-electron chi connectivity index (χ4n) is 4.80. The molecular weight excluding hydrogens is 446 g/mol. The number of aromatic nitrogens is 1. The molecule has 2 fully saturated rings. The lowest BCUT2D eigenvalue weighted by Gasteiger charge is -2.27. The number of hydrogen-bond acceptors (Lipinski definition) is 4. The molecule has 3 amide bonds. The van der Waals surface area contributed by atoms with E-state index in [9.17, 15) is 14.4 Å². The second kappa shape index (κ2) is 9.14. The Bertz CT molecular complexity index is 1330. The van der Waals surface area contributed by atoms with Crippen LogP contribution in [-0.4, -0.2) is 51.1 Å². The summed E-state index contributed by atoms with van der Waals surface area (Å²) in [4.78, 5) is 41.4. The molecule has 174 valence electrons. The molecule has 7 heteroatoms. The molecule has 0 spiro atoms. The number of carbonyl (C=O) groups excluding carboxylic acids is 3. The Hall–Kier alpha value is -3.32. The van der Waals surface area contributed by atoms with Gasteiger partial charge in [-0.2, -0.15) is 0 Å². The molecule has 0 aliphatic carbocycles. The molecular formula is C27H27N3O3S. The van der Waals surface area contributed by atoms with E-state index in [-0.39, 0.29) is 17.7 Å². The Morgan fingerprint density at radius 1 is 0.971 bits per heavy atom. The quantitative estimate of drug-likeness (QED) is 0.483. The SMILES string of the molecule is Cc1cc(/C=C2\SC(=O)N(CC(=O)N3CCCCC3)C2=O)c(C)n1-c1ccc2ccccc2c1. The van der Waals surface area contributed by atoms with E-state index < -0.39 is 5.91 Å².